The molecule has 0 heterocycles. The number of ether oxygens (including phenoxy) is 1. The van der Waals surface area contributed by atoms with Gasteiger partial charge in [0.1, 0.15) is 6.10 Å². The molecule has 0 bridgehead atoms. The van der Waals surface area contributed by atoms with E-state index in [1.54, 1.807) is 0 Å². The van der Waals surface area contributed by atoms with Crippen LogP contribution in [-0.2, 0) is 9.53 Å². The third kappa shape index (κ3) is 3.35. The number of esters is 1. The van der Waals surface area contributed by atoms with Crippen molar-refractivity contribution in [1.82, 2.24) is 0 Å². The molecule has 0 aromatic heterocycles. The van der Waals surface area contributed by atoms with Crippen LogP contribution in [0.4, 0.5) is 0 Å². The highest BCUT2D eigenvalue weighted by atomic mass is 16.5. The molecule has 0 radical (unpaired) electrons. The second-order valence-corrected chi connectivity index (χ2v) is 4.03. The molecule has 2 atom stereocenters. The van der Waals surface area contributed by atoms with Crippen molar-refractivity contribution >= 4 is 5.97 Å². The van der Waals surface area contributed by atoms with Crippen LogP contribution in [0.15, 0.2) is 0 Å². The molecule has 1 aliphatic carbocycles. The zero-order valence-corrected chi connectivity index (χ0v) is 8.32. The largest absolute Gasteiger partial charge is 0.462 e. The van der Waals surface area contributed by atoms with Gasteiger partial charge in [0, 0.05) is 6.42 Å². The smallest absolute Gasteiger partial charge is 0.308 e. The van der Waals surface area contributed by atoms with Crippen LogP contribution in [0.1, 0.15) is 39.5 Å². The lowest BCUT2D eigenvalue weighted by Crippen LogP contribution is -2.29. The lowest BCUT2D eigenvalue weighted by atomic mass is 9.95. The minimum atomic E-state index is -0.279. The highest BCUT2D eigenvalue weighted by molar-refractivity contribution is 5.71. The van der Waals surface area contributed by atoms with Gasteiger partial charge in [-0.15, -0.1) is 0 Å². The van der Waals surface area contributed by atoms with Crippen molar-refractivity contribution in [3.05, 3.63) is 0 Å². The highest BCUT2D eigenvalue weighted by Gasteiger charge is 2.23. The summed E-state index contributed by atoms with van der Waals surface area (Å²) in [6, 6.07) is 0. The zero-order valence-electron chi connectivity index (χ0n) is 8.32. The molecule has 0 aromatic carbocycles. The minimum Gasteiger partial charge on any atom is -0.462 e. The molecule has 76 valence electrons. The Bertz CT molecular complexity index is 177. The molecule has 1 N–H and O–H groups in total. The number of rotatable bonds is 2. The maximum absolute atomic E-state index is 11.2. The number of aliphatic hydroxyl groups excluding tert-OH is 1. The van der Waals surface area contributed by atoms with Crippen molar-refractivity contribution in [2.75, 3.05) is 0 Å². The quantitative estimate of drug-likeness (QED) is 0.664. The van der Waals surface area contributed by atoms with Gasteiger partial charge in [-0.25, -0.2) is 0 Å². The monoisotopic (exact) mass is 186 g/mol. The van der Waals surface area contributed by atoms with E-state index in [0.29, 0.717) is 6.42 Å². The topological polar surface area (TPSA) is 46.5 Å². The van der Waals surface area contributed by atoms with Crippen LogP contribution in [0, 0.1) is 5.92 Å². The molecule has 1 rings (SSSR count). The molecule has 0 aromatic rings. The van der Waals surface area contributed by atoms with Gasteiger partial charge < -0.3 is 9.84 Å². The summed E-state index contributed by atoms with van der Waals surface area (Å²) in [6.45, 7) is 3.64. The van der Waals surface area contributed by atoms with Gasteiger partial charge in [-0.3, -0.25) is 4.79 Å². The molecule has 3 nitrogen and oxygen atoms in total. The van der Waals surface area contributed by atoms with Gasteiger partial charge in [-0.1, -0.05) is 13.8 Å². The van der Waals surface area contributed by atoms with Crippen LogP contribution in [0.5, 0.6) is 0 Å². The molecule has 0 spiro atoms. The van der Waals surface area contributed by atoms with Gasteiger partial charge in [0.05, 0.1) is 12.0 Å². The van der Waals surface area contributed by atoms with E-state index in [9.17, 15) is 9.90 Å². The molecule has 3 heteroatoms. The first-order chi connectivity index (χ1) is 6.09. The number of aliphatic hydroxyl groups is 1. The SMILES string of the molecule is CC(C)C(=O)O[C@H]1CCC[C@@H](O)C1. The first-order valence-electron chi connectivity index (χ1n) is 4.98. The Hall–Kier alpha value is -0.570. The minimum absolute atomic E-state index is 0.0568. The molecular formula is C10H18O3. The van der Waals surface area contributed by atoms with Crippen LogP contribution >= 0.6 is 0 Å². The van der Waals surface area contributed by atoms with E-state index in [-0.39, 0.29) is 24.1 Å². The summed E-state index contributed by atoms with van der Waals surface area (Å²) in [6.07, 6.45) is 2.97. The molecule has 1 saturated carbocycles. The van der Waals surface area contributed by atoms with Crippen molar-refractivity contribution in [1.29, 1.82) is 0 Å². The summed E-state index contributed by atoms with van der Waals surface area (Å²) < 4.78 is 5.22. The molecule has 1 fully saturated rings. The summed E-state index contributed by atoms with van der Waals surface area (Å²) in [5, 5.41) is 9.34. The van der Waals surface area contributed by atoms with Gasteiger partial charge in [-0.2, -0.15) is 0 Å². The van der Waals surface area contributed by atoms with Crippen LogP contribution in [0.3, 0.4) is 0 Å². The standard InChI is InChI=1S/C10H18O3/c1-7(2)10(12)13-9-5-3-4-8(11)6-9/h7-9,11H,3-6H2,1-2H3/t8-,9+/m1/s1. The lowest BCUT2D eigenvalue weighted by molar-refractivity contribution is -0.155. The Labute approximate surface area is 79.1 Å². The van der Waals surface area contributed by atoms with E-state index in [0.717, 1.165) is 19.3 Å². The van der Waals surface area contributed by atoms with Gasteiger partial charge in [0.25, 0.3) is 0 Å². The van der Waals surface area contributed by atoms with Crippen LogP contribution < -0.4 is 0 Å². The van der Waals surface area contributed by atoms with E-state index in [2.05, 4.69) is 0 Å². The highest BCUT2D eigenvalue weighted by Crippen LogP contribution is 2.21. The van der Waals surface area contributed by atoms with E-state index >= 15 is 0 Å². The van der Waals surface area contributed by atoms with Gasteiger partial charge in [0.2, 0.25) is 0 Å². The maximum Gasteiger partial charge on any atom is 0.308 e. The molecule has 1 aliphatic rings. The average molecular weight is 186 g/mol. The second kappa shape index (κ2) is 4.61. The Balaban J connectivity index is 2.31. The Morgan fingerprint density at radius 3 is 2.69 bits per heavy atom. The lowest BCUT2D eigenvalue weighted by Gasteiger charge is -2.26. The van der Waals surface area contributed by atoms with Crippen molar-refractivity contribution < 1.29 is 14.6 Å². The third-order valence-electron chi connectivity index (χ3n) is 2.35. The van der Waals surface area contributed by atoms with Crippen LogP contribution in [0.25, 0.3) is 0 Å². The summed E-state index contributed by atoms with van der Waals surface area (Å²) in [4.78, 5) is 11.2. The second-order valence-electron chi connectivity index (χ2n) is 4.03. The van der Waals surface area contributed by atoms with E-state index in [1.165, 1.54) is 0 Å². The molecule has 0 amide bonds. The van der Waals surface area contributed by atoms with E-state index in [1.807, 2.05) is 13.8 Å². The predicted octanol–water partition coefficient (Wildman–Crippen LogP) is 1.49. The van der Waals surface area contributed by atoms with Crippen molar-refractivity contribution in [2.24, 2.45) is 5.92 Å². The zero-order chi connectivity index (χ0) is 9.84. The maximum atomic E-state index is 11.2. The third-order valence-corrected chi connectivity index (χ3v) is 2.35. The summed E-state index contributed by atoms with van der Waals surface area (Å²) >= 11 is 0. The molecule has 0 saturated heterocycles. The summed E-state index contributed by atoms with van der Waals surface area (Å²) in [5.74, 6) is -0.224. The first kappa shape index (κ1) is 10.5. The van der Waals surface area contributed by atoms with E-state index < -0.39 is 0 Å². The molecule has 0 unspecified atom stereocenters. The van der Waals surface area contributed by atoms with Crippen molar-refractivity contribution in [2.45, 2.75) is 51.7 Å². The average Bonchev–Trinajstić information content (AvgIpc) is 2.04. The predicted molar refractivity (Wildman–Crippen MR) is 49.2 cm³/mol. The van der Waals surface area contributed by atoms with Crippen molar-refractivity contribution in [3.8, 4) is 0 Å². The number of carbonyl (C=O) groups excluding carboxylic acids is 1. The van der Waals surface area contributed by atoms with Crippen LogP contribution in [0.2, 0.25) is 0 Å². The summed E-state index contributed by atoms with van der Waals surface area (Å²) in [5.41, 5.74) is 0. The van der Waals surface area contributed by atoms with Crippen LogP contribution in [-0.4, -0.2) is 23.3 Å². The Morgan fingerprint density at radius 2 is 2.15 bits per heavy atom. The number of hydrogen-bond donors (Lipinski definition) is 1. The van der Waals surface area contributed by atoms with Crippen molar-refractivity contribution in [3.63, 3.8) is 0 Å². The Kier molecular flexibility index (Phi) is 3.72. The fourth-order valence-electron chi connectivity index (χ4n) is 1.53. The molecule has 0 aliphatic heterocycles. The first-order valence-corrected chi connectivity index (χ1v) is 4.98. The van der Waals surface area contributed by atoms with Gasteiger partial charge >= 0.3 is 5.97 Å². The van der Waals surface area contributed by atoms with Gasteiger partial charge in [-0.05, 0) is 19.3 Å². The number of carbonyl (C=O) groups is 1. The fourth-order valence-corrected chi connectivity index (χ4v) is 1.53. The normalized spacial score (nSPS) is 28.9. The summed E-state index contributed by atoms with van der Waals surface area (Å²) in [7, 11) is 0. The number of hydrogen-bond acceptors (Lipinski definition) is 3. The Morgan fingerprint density at radius 1 is 1.46 bits per heavy atom. The molecular weight excluding hydrogens is 168 g/mol. The fraction of sp³-hybridized carbons (Fsp3) is 0.900. The van der Waals surface area contributed by atoms with Gasteiger partial charge in [0.15, 0.2) is 0 Å². The molecule has 13 heavy (non-hydrogen) atoms. The van der Waals surface area contributed by atoms with E-state index in [4.69, 9.17) is 4.74 Å².